The smallest absolute Gasteiger partial charge is 0.310 e. The first-order valence-corrected chi connectivity index (χ1v) is 5.27. The minimum atomic E-state index is -0.268. The molecule has 0 N–H and O–H groups in total. The Hall–Kier alpha value is -1.03. The SMILES string of the molecule is COC(=O)Cc1cc(C)c(Br)cc1OC. The molecule has 1 rings (SSSR count). The molecule has 0 unspecified atom stereocenters. The van der Waals surface area contributed by atoms with Crippen molar-refractivity contribution in [1.29, 1.82) is 0 Å². The van der Waals surface area contributed by atoms with Gasteiger partial charge >= 0.3 is 5.97 Å². The highest BCUT2D eigenvalue weighted by atomic mass is 79.9. The van der Waals surface area contributed by atoms with Gasteiger partial charge in [-0.15, -0.1) is 0 Å². The van der Waals surface area contributed by atoms with Crippen LogP contribution in [0, 0.1) is 6.92 Å². The molecule has 0 aromatic heterocycles. The van der Waals surface area contributed by atoms with Gasteiger partial charge in [-0.25, -0.2) is 0 Å². The van der Waals surface area contributed by atoms with E-state index in [9.17, 15) is 4.79 Å². The Morgan fingerprint density at radius 1 is 1.40 bits per heavy atom. The molecule has 15 heavy (non-hydrogen) atoms. The molecule has 0 saturated carbocycles. The third kappa shape index (κ3) is 2.96. The second kappa shape index (κ2) is 5.16. The fourth-order valence-corrected chi connectivity index (χ4v) is 1.60. The van der Waals surface area contributed by atoms with E-state index >= 15 is 0 Å². The number of carbonyl (C=O) groups is 1. The van der Waals surface area contributed by atoms with Crippen LogP contribution in [-0.4, -0.2) is 20.2 Å². The van der Waals surface area contributed by atoms with Crippen LogP contribution in [0.15, 0.2) is 16.6 Å². The summed E-state index contributed by atoms with van der Waals surface area (Å²) in [5.41, 5.74) is 1.90. The minimum absolute atomic E-state index is 0.230. The zero-order chi connectivity index (χ0) is 11.4. The van der Waals surface area contributed by atoms with Crippen LogP contribution < -0.4 is 4.74 Å². The van der Waals surface area contributed by atoms with E-state index in [0.29, 0.717) is 5.75 Å². The lowest BCUT2D eigenvalue weighted by Crippen LogP contribution is -2.06. The Morgan fingerprint density at radius 2 is 2.07 bits per heavy atom. The molecule has 0 atom stereocenters. The van der Waals surface area contributed by atoms with Gasteiger partial charge in [0.25, 0.3) is 0 Å². The Bertz CT molecular complexity index is 374. The summed E-state index contributed by atoms with van der Waals surface area (Å²) in [4.78, 5) is 11.2. The first-order chi connectivity index (χ1) is 7.08. The Balaban J connectivity index is 3.05. The number of methoxy groups -OCH3 is 2. The van der Waals surface area contributed by atoms with E-state index in [1.807, 2.05) is 19.1 Å². The monoisotopic (exact) mass is 272 g/mol. The Morgan fingerprint density at radius 3 is 2.60 bits per heavy atom. The Labute approximate surface area is 97.5 Å². The van der Waals surface area contributed by atoms with Gasteiger partial charge in [0, 0.05) is 10.0 Å². The molecule has 0 saturated heterocycles. The maximum absolute atomic E-state index is 11.2. The van der Waals surface area contributed by atoms with Crippen LogP contribution in [0.3, 0.4) is 0 Å². The normalized spacial score (nSPS) is 9.87. The van der Waals surface area contributed by atoms with Crippen LogP contribution in [-0.2, 0) is 16.0 Å². The van der Waals surface area contributed by atoms with Crippen molar-refractivity contribution in [3.63, 3.8) is 0 Å². The molecule has 0 amide bonds. The molecule has 82 valence electrons. The number of rotatable bonds is 3. The van der Waals surface area contributed by atoms with Crippen LogP contribution >= 0.6 is 15.9 Å². The van der Waals surface area contributed by atoms with Gasteiger partial charge < -0.3 is 9.47 Å². The number of ether oxygens (including phenoxy) is 2. The molecule has 0 radical (unpaired) electrons. The second-order valence-electron chi connectivity index (χ2n) is 3.17. The summed E-state index contributed by atoms with van der Waals surface area (Å²) >= 11 is 3.41. The molecule has 1 aromatic rings. The lowest BCUT2D eigenvalue weighted by molar-refractivity contribution is -0.139. The molecule has 3 nitrogen and oxygen atoms in total. The molecular weight excluding hydrogens is 260 g/mol. The highest BCUT2D eigenvalue weighted by molar-refractivity contribution is 9.10. The molecule has 0 fully saturated rings. The predicted octanol–water partition coefficient (Wildman–Crippen LogP) is 2.48. The maximum atomic E-state index is 11.2. The molecule has 0 aliphatic rings. The molecule has 4 heteroatoms. The van der Waals surface area contributed by atoms with Crippen molar-refractivity contribution in [2.75, 3.05) is 14.2 Å². The number of halogens is 1. The zero-order valence-electron chi connectivity index (χ0n) is 8.96. The van der Waals surface area contributed by atoms with Crippen molar-refractivity contribution in [2.24, 2.45) is 0 Å². The maximum Gasteiger partial charge on any atom is 0.310 e. The summed E-state index contributed by atoms with van der Waals surface area (Å²) < 4.78 is 10.8. The van der Waals surface area contributed by atoms with E-state index in [0.717, 1.165) is 15.6 Å². The van der Waals surface area contributed by atoms with Crippen molar-refractivity contribution in [1.82, 2.24) is 0 Å². The molecular formula is C11H13BrO3. The average molecular weight is 273 g/mol. The van der Waals surface area contributed by atoms with Crippen molar-refractivity contribution in [3.05, 3.63) is 27.7 Å². The highest BCUT2D eigenvalue weighted by Gasteiger charge is 2.10. The number of carbonyl (C=O) groups excluding carboxylic acids is 1. The van der Waals surface area contributed by atoms with E-state index < -0.39 is 0 Å². The predicted molar refractivity (Wildman–Crippen MR) is 61.2 cm³/mol. The van der Waals surface area contributed by atoms with Gasteiger partial charge in [0.15, 0.2) is 0 Å². The van der Waals surface area contributed by atoms with Crippen LogP contribution in [0.2, 0.25) is 0 Å². The van der Waals surface area contributed by atoms with Gasteiger partial charge in [0.2, 0.25) is 0 Å². The van der Waals surface area contributed by atoms with Crippen molar-refractivity contribution in [3.8, 4) is 5.75 Å². The second-order valence-corrected chi connectivity index (χ2v) is 4.02. The fraction of sp³-hybridized carbons (Fsp3) is 0.364. The van der Waals surface area contributed by atoms with Gasteiger partial charge in [0.1, 0.15) is 5.75 Å². The standard InChI is InChI=1S/C11H13BrO3/c1-7-4-8(5-11(13)15-3)10(14-2)6-9(7)12/h4,6H,5H2,1-3H3. The zero-order valence-corrected chi connectivity index (χ0v) is 10.6. The summed E-state index contributed by atoms with van der Waals surface area (Å²) in [6, 6.07) is 3.77. The topological polar surface area (TPSA) is 35.5 Å². The summed E-state index contributed by atoms with van der Waals surface area (Å²) in [6.45, 7) is 1.96. The first-order valence-electron chi connectivity index (χ1n) is 4.48. The minimum Gasteiger partial charge on any atom is -0.496 e. The third-order valence-electron chi connectivity index (χ3n) is 2.12. The molecule has 0 spiro atoms. The van der Waals surface area contributed by atoms with Crippen molar-refractivity contribution >= 4 is 21.9 Å². The lowest BCUT2D eigenvalue weighted by atomic mass is 10.1. The van der Waals surface area contributed by atoms with Crippen molar-refractivity contribution < 1.29 is 14.3 Å². The van der Waals surface area contributed by atoms with E-state index in [-0.39, 0.29) is 12.4 Å². The quantitative estimate of drug-likeness (QED) is 0.794. The molecule has 0 aliphatic carbocycles. The van der Waals surface area contributed by atoms with Gasteiger partial charge in [0.05, 0.1) is 20.6 Å². The summed E-state index contributed by atoms with van der Waals surface area (Å²) in [7, 11) is 2.96. The van der Waals surface area contributed by atoms with Gasteiger partial charge in [-0.2, -0.15) is 0 Å². The molecule has 0 bridgehead atoms. The average Bonchev–Trinajstić information content (AvgIpc) is 2.22. The summed E-state index contributed by atoms with van der Waals surface area (Å²) in [6.07, 6.45) is 0.230. The van der Waals surface area contributed by atoms with E-state index in [1.165, 1.54) is 7.11 Å². The van der Waals surface area contributed by atoms with E-state index in [1.54, 1.807) is 7.11 Å². The highest BCUT2D eigenvalue weighted by Crippen LogP contribution is 2.27. The number of aryl methyl sites for hydroxylation is 1. The van der Waals surface area contributed by atoms with Crippen LogP contribution in [0.4, 0.5) is 0 Å². The van der Waals surface area contributed by atoms with Gasteiger partial charge in [-0.05, 0) is 18.6 Å². The van der Waals surface area contributed by atoms with Gasteiger partial charge in [-0.3, -0.25) is 4.79 Å². The fourth-order valence-electron chi connectivity index (χ4n) is 1.28. The lowest BCUT2D eigenvalue weighted by Gasteiger charge is -2.10. The Kier molecular flexibility index (Phi) is 4.15. The molecule has 1 aromatic carbocycles. The number of benzene rings is 1. The summed E-state index contributed by atoms with van der Waals surface area (Å²) in [5.74, 6) is 0.424. The number of hydrogen-bond donors (Lipinski definition) is 0. The molecule has 0 heterocycles. The van der Waals surface area contributed by atoms with Crippen LogP contribution in [0.5, 0.6) is 5.75 Å². The van der Waals surface area contributed by atoms with E-state index in [2.05, 4.69) is 20.7 Å². The largest absolute Gasteiger partial charge is 0.496 e. The van der Waals surface area contributed by atoms with E-state index in [4.69, 9.17) is 4.74 Å². The third-order valence-corrected chi connectivity index (χ3v) is 2.98. The van der Waals surface area contributed by atoms with Crippen LogP contribution in [0.1, 0.15) is 11.1 Å². The van der Waals surface area contributed by atoms with Crippen molar-refractivity contribution in [2.45, 2.75) is 13.3 Å². The van der Waals surface area contributed by atoms with Crippen LogP contribution in [0.25, 0.3) is 0 Å². The van der Waals surface area contributed by atoms with Gasteiger partial charge in [-0.1, -0.05) is 22.0 Å². The first kappa shape index (κ1) is 12.0. The number of esters is 1. The molecule has 0 aliphatic heterocycles. The summed E-state index contributed by atoms with van der Waals surface area (Å²) in [5, 5.41) is 0. The number of hydrogen-bond acceptors (Lipinski definition) is 3.